The van der Waals surface area contributed by atoms with Gasteiger partial charge in [-0.1, -0.05) is 109 Å². The molecule has 0 saturated carbocycles. The van der Waals surface area contributed by atoms with Gasteiger partial charge in [-0.25, -0.2) is 0 Å². The molecule has 0 aromatic heterocycles. The van der Waals surface area contributed by atoms with Crippen molar-refractivity contribution in [2.75, 3.05) is 9.80 Å². The average Bonchev–Trinajstić information content (AvgIpc) is 1.79. The van der Waals surface area contributed by atoms with Crippen LogP contribution in [0.3, 0.4) is 0 Å². The van der Waals surface area contributed by atoms with Gasteiger partial charge in [0.1, 0.15) is 0 Å². The first-order valence-corrected chi connectivity index (χ1v) is 27.5. The molecule has 8 heteroatoms. The van der Waals surface area contributed by atoms with Gasteiger partial charge in [0.05, 0.1) is 22.5 Å². The first-order chi connectivity index (χ1) is 39.2. The second-order valence-electron chi connectivity index (χ2n) is 22.0. The lowest BCUT2D eigenvalue weighted by molar-refractivity contribution is -0.138. The number of hydrogen-bond acceptors (Lipinski definition) is 2. The summed E-state index contributed by atoms with van der Waals surface area (Å²) in [5, 5.41) is 5.46. The Morgan fingerprint density at radius 2 is 0.524 bits per heavy atom. The van der Waals surface area contributed by atoms with Crippen molar-refractivity contribution in [2.45, 2.75) is 67.7 Å². The summed E-state index contributed by atoms with van der Waals surface area (Å²) in [5.74, 6) is 0. The zero-order chi connectivity index (χ0) is 57.5. The van der Waals surface area contributed by atoms with Crippen LogP contribution >= 0.6 is 0 Å². The summed E-state index contributed by atoms with van der Waals surface area (Å²) >= 11 is 0. The van der Waals surface area contributed by atoms with Gasteiger partial charge in [-0.2, -0.15) is 26.3 Å². The number of nitrogens with zero attached hydrogens (tertiary/aromatic N) is 2. The minimum Gasteiger partial charge on any atom is -0.310 e. The van der Waals surface area contributed by atoms with Crippen molar-refractivity contribution in [3.8, 4) is 44.5 Å². The van der Waals surface area contributed by atoms with Crippen molar-refractivity contribution in [3.63, 3.8) is 0 Å². The molecule has 2 nitrogen and oxygen atoms in total. The van der Waals surface area contributed by atoms with Crippen molar-refractivity contribution in [1.82, 2.24) is 0 Å². The van der Waals surface area contributed by atoms with E-state index in [-0.39, 0.29) is 0 Å². The molecule has 0 aliphatic carbocycles. The van der Waals surface area contributed by atoms with Crippen molar-refractivity contribution in [1.29, 1.82) is 0 Å². The maximum atomic E-state index is 14.4. The van der Waals surface area contributed by atoms with Gasteiger partial charge in [0, 0.05) is 33.5 Å². The molecule has 12 aromatic rings. The van der Waals surface area contributed by atoms with Crippen LogP contribution in [0.1, 0.15) is 55.6 Å². The highest BCUT2D eigenvalue weighted by atomic mass is 19.4. The van der Waals surface area contributed by atoms with Gasteiger partial charge < -0.3 is 9.80 Å². The minimum atomic E-state index is -4.55. The number of aryl methyl sites for hydroxylation is 8. The summed E-state index contributed by atoms with van der Waals surface area (Å²) in [7, 11) is 0. The number of halogens is 6. The molecule has 0 atom stereocenters. The highest BCUT2D eigenvalue weighted by molar-refractivity contribution is 6.28. The highest BCUT2D eigenvalue weighted by Crippen LogP contribution is 2.51. The molecule has 0 radical (unpaired) electrons. The standard InChI is InChI=1S/C74H58F6N2/c1-43-13-9-14-44(2)67(43)53-37-54(68-45(3)15-10-16-46(68)4)40-61(39-53)81(59-29-25-57(26-30-59)73(75,76)77)65-35-23-51-22-34-64-66(36-24-52-21-33-63(65)71(51)72(52)64)82(60-31-27-58(28-32-60)74(78,79)80)62-41-55(69-47(5)17-11-18-48(69)6)38-56(42-62)70-49(7)19-12-20-50(70)8/h9-42H,1-8H3. The van der Waals surface area contributed by atoms with E-state index >= 15 is 0 Å². The van der Waals surface area contributed by atoms with E-state index in [9.17, 15) is 26.3 Å². The second-order valence-corrected chi connectivity index (χ2v) is 22.0. The molecule has 12 aromatic carbocycles. The van der Waals surface area contributed by atoms with E-state index in [1.807, 2.05) is 36.4 Å². The minimum absolute atomic E-state index is 0.534. The molecule has 0 fully saturated rings. The zero-order valence-corrected chi connectivity index (χ0v) is 46.8. The van der Waals surface area contributed by atoms with Crippen LogP contribution in [0, 0.1) is 55.4 Å². The maximum absolute atomic E-state index is 14.4. The summed E-state index contributed by atoms with van der Waals surface area (Å²) in [5.41, 5.74) is 19.5. The molecule has 0 saturated heterocycles. The number of rotatable bonds is 10. The van der Waals surface area contributed by atoms with E-state index in [0.29, 0.717) is 11.4 Å². The Hall–Kier alpha value is -9.14. The Balaban J connectivity index is 1.14. The van der Waals surface area contributed by atoms with Crippen molar-refractivity contribution in [3.05, 3.63) is 262 Å². The van der Waals surface area contributed by atoms with Gasteiger partial charge in [-0.05, 0) is 263 Å². The van der Waals surface area contributed by atoms with Gasteiger partial charge >= 0.3 is 12.4 Å². The third kappa shape index (κ3) is 9.49. The number of alkyl halides is 6. The first kappa shape index (κ1) is 53.5. The summed E-state index contributed by atoms with van der Waals surface area (Å²) in [6.07, 6.45) is -9.11. The lowest BCUT2D eigenvalue weighted by Gasteiger charge is -2.31. The molecule has 0 aliphatic heterocycles. The Kier molecular flexibility index (Phi) is 13.3. The molecule has 0 aliphatic rings. The van der Waals surface area contributed by atoms with Crippen molar-refractivity contribution in [2.24, 2.45) is 0 Å². The lowest BCUT2D eigenvalue weighted by Crippen LogP contribution is -2.13. The lowest BCUT2D eigenvalue weighted by atomic mass is 9.89. The fourth-order valence-corrected chi connectivity index (χ4v) is 12.8. The van der Waals surface area contributed by atoms with Gasteiger partial charge in [0.15, 0.2) is 0 Å². The van der Waals surface area contributed by atoms with Crippen molar-refractivity contribution < 1.29 is 26.3 Å². The van der Waals surface area contributed by atoms with E-state index in [4.69, 9.17) is 0 Å². The fraction of sp³-hybridized carbons (Fsp3) is 0.135. The molecule has 0 amide bonds. The largest absolute Gasteiger partial charge is 0.416 e. The van der Waals surface area contributed by atoms with E-state index in [1.165, 1.54) is 0 Å². The molecule has 0 spiro atoms. The summed E-state index contributed by atoms with van der Waals surface area (Å²) in [6.45, 7) is 16.8. The molecule has 406 valence electrons. The molecular formula is C74H58F6N2. The van der Waals surface area contributed by atoms with Crippen molar-refractivity contribution >= 4 is 66.4 Å². The number of hydrogen-bond donors (Lipinski definition) is 0. The molecule has 0 heterocycles. The summed E-state index contributed by atoms with van der Waals surface area (Å²) in [6, 6.07) is 65.3. The zero-order valence-electron chi connectivity index (χ0n) is 46.8. The Morgan fingerprint density at radius 3 is 0.780 bits per heavy atom. The summed E-state index contributed by atoms with van der Waals surface area (Å²) < 4.78 is 86.4. The maximum Gasteiger partial charge on any atom is 0.416 e. The Labute approximate surface area is 474 Å². The van der Waals surface area contributed by atoms with Crippen LogP contribution < -0.4 is 9.80 Å². The van der Waals surface area contributed by atoms with Crippen LogP contribution in [0.5, 0.6) is 0 Å². The normalized spacial score (nSPS) is 12.0. The van der Waals surface area contributed by atoms with Crippen LogP contribution in [0.2, 0.25) is 0 Å². The van der Waals surface area contributed by atoms with E-state index < -0.39 is 23.5 Å². The molecule has 12 rings (SSSR count). The predicted molar refractivity (Wildman–Crippen MR) is 329 cm³/mol. The van der Waals surface area contributed by atoms with E-state index in [1.54, 1.807) is 24.3 Å². The van der Waals surface area contributed by atoms with Gasteiger partial charge in [-0.15, -0.1) is 0 Å². The molecule has 0 N–H and O–H groups in total. The smallest absolute Gasteiger partial charge is 0.310 e. The highest BCUT2D eigenvalue weighted by Gasteiger charge is 2.33. The van der Waals surface area contributed by atoms with Gasteiger partial charge in [0.2, 0.25) is 0 Å². The first-order valence-electron chi connectivity index (χ1n) is 27.5. The predicted octanol–water partition coefficient (Wildman–Crippen LogP) is 22.7. The SMILES string of the molecule is Cc1cccc(C)c1-c1cc(-c2c(C)cccc2C)cc(N(c2ccc(C(F)(F)F)cc2)c2ccc3ccc4c(N(c5ccc(C(F)(F)F)cc5)c5cc(-c6c(C)cccc6C)cc(-c6c(C)cccc6C)c5)ccc5ccc2c3c54)c1. The Bertz CT molecular complexity index is 3950. The molecule has 0 unspecified atom stereocenters. The third-order valence-electron chi connectivity index (χ3n) is 16.4. The van der Waals surface area contributed by atoms with Crippen LogP contribution in [-0.4, -0.2) is 0 Å². The topological polar surface area (TPSA) is 6.48 Å². The quantitative estimate of drug-likeness (QED) is 0.0995. The Morgan fingerprint density at radius 1 is 0.268 bits per heavy atom. The van der Waals surface area contributed by atoms with E-state index in [2.05, 4.69) is 187 Å². The third-order valence-corrected chi connectivity index (χ3v) is 16.4. The number of benzene rings is 12. The van der Waals surface area contributed by atoms with E-state index in [0.717, 1.165) is 168 Å². The van der Waals surface area contributed by atoms with Crippen LogP contribution in [0.15, 0.2) is 206 Å². The number of anilines is 6. The molecular weight excluding hydrogens is 1030 g/mol. The molecule has 0 bridgehead atoms. The average molecular weight is 1090 g/mol. The van der Waals surface area contributed by atoms with Crippen LogP contribution in [0.25, 0.3) is 76.8 Å². The summed E-state index contributed by atoms with van der Waals surface area (Å²) in [4.78, 5) is 4.15. The van der Waals surface area contributed by atoms with Crippen LogP contribution in [0.4, 0.5) is 60.5 Å². The fourth-order valence-electron chi connectivity index (χ4n) is 12.8. The monoisotopic (exact) mass is 1090 g/mol. The van der Waals surface area contributed by atoms with Crippen LogP contribution in [-0.2, 0) is 12.4 Å². The molecule has 82 heavy (non-hydrogen) atoms. The second kappa shape index (κ2) is 20.4. The van der Waals surface area contributed by atoms with Gasteiger partial charge in [0.25, 0.3) is 0 Å². The van der Waals surface area contributed by atoms with Gasteiger partial charge in [-0.3, -0.25) is 0 Å².